The minimum Gasteiger partial charge on any atom is -0.509 e. The molecule has 7 nitrogen and oxygen atoms in total. The van der Waals surface area contributed by atoms with Crippen molar-refractivity contribution in [3.8, 4) is 34.1 Å². The summed E-state index contributed by atoms with van der Waals surface area (Å²) >= 11 is 0. The first-order valence-electron chi connectivity index (χ1n) is 15.4. The number of anilines is 2. The van der Waals surface area contributed by atoms with Crippen LogP contribution in [0.2, 0.25) is 0 Å². The molecule has 0 amide bonds. The number of hydrogen-bond acceptors (Lipinski definition) is 5. The summed E-state index contributed by atoms with van der Waals surface area (Å²) in [5, 5.41) is 6.96. The van der Waals surface area contributed by atoms with E-state index in [-0.39, 0.29) is 21.1 Å². The average Bonchev–Trinajstić information content (AvgIpc) is 3.68. The minimum absolute atomic E-state index is 0. The summed E-state index contributed by atoms with van der Waals surface area (Å²) < 4.78 is 10.4. The zero-order valence-electron chi connectivity index (χ0n) is 27.3. The van der Waals surface area contributed by atoms with Gasteiger partial charge in [-0.2, -0.15) is 17.2 Å². The molecule has 0 aliphatic heterocycles. The largest absolute Gasteiger partial charge is 2.00 e. The second kappa shape index (κ2) is 13.1. The Morgan fingerprint density at radius 2 is 1.49 bits per heavy atom. The number of ether oxygens (including phenoxy) is 1. The monoisotopic (exact) mass is 799 g/mol. The Bertz CT molecular complexity index is 2170. The third kappa shape index (κ3) is 6.04. The molecule has 238 valence electrons. The van der Waals surface area contributed by atoms with Crippen molar-refractivity contribution >= 4 is 33.2 Å². The number of benzene rings is 4. The quantitative estimate of drug-likeness (QED) is 0.144. The summed E-state index contributed by atoms with van der Waals surface area (Å²) in [7, 11) is 8.24. The topological polar surface area (TPSA) is 51.4 Å². The van der Waals surface area contributed by atoms with Gasteiger partial charge in [0.15, 0.2) is 0 Å². The molecular weight excluding hydrogens is 764 g/mol. The number of pyridine rings is 1. The van der Waals surface area contributed by atoms with E-state index in [1.54, 1.807) is 0 Å². The molecule has 0 unspecified atom stereocenters. The van der Waals surface area contributed by atoms with E-state index in [1.165, 1.54) is 5.56 Å². The molecule has 0 fully saturated rings. The number of nitrogens with zero attached hydrogens (tertiary/aromatic N) is 6. The van der Waals surface area contributed by atoms with Crippen LogP contribution in [0.3, 0.4) is 0 Å². The first-order chi connectivity index (χ1) is 22.3. The summed E-state index contributed by atoms with van der Waals surface area (Å²) in [5.41, 5.74) is 8.41. The standard InChI is InChI=1S/C39H36N6O.Pt/c1-26(2)27-19-20-40-38(21-27)45-34-14-8-7-13-32(34)33-18-17-31(23-37(33)45)46-30-12-9-11-29(22-30)44-25-28(24-41-44)39-35(42(3)4)15-10-16-36(39)43(5)6;/h7-21,24-26H,1-6H3;/q-2;+2. The molecule has 0 saturated carbocycles. The van der Waals surface area contributed by atoms with Crippen LogP contribution in [0.4, 0.5) is 11.4 Å². The van der Waals surface area contributed by atoms with Crippen LogP contribution in [-0.2, 0) is 21.1 Å². The van der Waals surface area contributed by atoms with E-state index in [1.807, 2.05) is 47.5 Å². The molecule has 0 spiro atoms. The molecular formula is C39H36N6OPt. The summed E-state index contributed by atoms with van der Waals surface area (Å²) in [5.74, 6) is 2.43. The van der Waals surface area contributed by atoms with Crippen LogP contribution in [0.25, 0.3) is 44.4 Å². The number of fused-ring (bicyclic) bond motifs is 3. The van der Waals surface area contributed by atoms with Crippen molar-refractivity contribution in [2.24, 2.45) is 0 Å². The normalized spacial score (nSPS) is 11.2. The van der Waals surface area contributed by atoms with Gasteiger partial charge in [0, 0.05) is 80.1 Å². The molecule has 0 atom stereocenters. The van der Waals surface area contributed by atoms with E-state index in [9.17, 15) is 0 Å². The molecule has 3 heterocycles. The molecule has 3 aromatic heterocycles. The molecule has 8 heteroatoms. The number of hydrogen-bond donors (Lipinski definition) is 0. The van der Waals surface area contributed by atoms with E-state index >= 15 is 0 Å². The second-order valence-corrected chi connectivity index (χ2v) is 12.2. The van der Waals surface area contributed by atoms with Gasteiger partial charge in [0.2, 0.25) is 0 Å². The first-order valence-corrected chi connectivity index (χ1v) is 15.4. The van der Waals surface area contributed by atoms with E-state index in [0.29, 0.717) is 17.4 Å². The third-order valence-electron chi connectivity index (χ3n) is 8.30. The molecule has 47 heavy (non-hydrogen) atoms. The molecule has 0 saturated heterocycles. The molecule has 0 N–H and O–H groups in total. The van der Waals surface area contributed by atoms with Crippen LogP contribution in [0, 0.1) is 12.1 Å². The molecule has 4 aromatic carbocycles. The Balaban J connectivity index is 0.00000386. The van der Waals surface area contributed by atoms with Gasteiger partial charge in [0.05, 0.1) is 6.20 Å². The van der Waals surface area contributed by atoms with Crippen LogP contribution in [0.1, 0.15) is 25.3 Å². The van der Waals surface area contributed by atoms with Crippen molar-refractivity contribution in [1.29, 1.82) is 0 Å². The Morgan fingerprint density at radius 3 is 2.23 bits per heavy atom. The fraction of sp³-hybridized carbons (Fsp3) is 0.179. The third-order valence-corrected chi connectivity index (χ3v) is 8.30. The van der Waals surface area contributed by atoms with Crippen LogP contribution in [-0.4, -0.2) is 47.5 Å². The Morgan fingerprint density at radius 1 is 0.766 bits per heavy atom. The summed E-state index contributed by atoms with van der Waals surface area (Å²) in [6.45, 7) is 4.39. The molecule has 0 bridgehead atoms. The van der Waals surface area contributed by atoms with Gasteiger partial charge in [-0.3, -0.25) is 4.68 Å². The van der Waals surface area contributed by atoms with Crippen LogP contribution in [0.15, 0.2) is 104 Å². The summed E-state index contributed by atoms with van der Waals surface area (Å²) in [6.07, 6.45) is 5.83. The maximum absolute atomic E-state index is 6.39. The van der Waals surface area contributed by atoms with Crippen molar-refractivity contribution in [2.45, 2.75) is 19.8 Å². The van der Waals surface area contributed by atoms with E-state index < -0.39 is 0 Å². The van der Waals surface area contributed by atoms with E-state index in [2.05, 4.69) is 129 Å². The van der Waals surface area contributed by atoms with Crippen molar-refractivity contribution in [3.63, 3.8) is 0 Å². The first kappa shape index (κ1) is 32.1. The fourth-order valence-electron chi connectivity index (χ4n) is 5.99. The smallest absolute Gasteiger partial charge is 0.509 e. The maximum atomic E-state index is 6.39. The molecule has 0 aliphatic carbocycles. The van der Waals surface area contributed by atoms with Gasteiger partial charge < -0.3 is 19.1 Å². The molecule has 7 rings (SSSR count). The van der Waals surface area contributed by atoms with Gasteiger partial charge in [-0.05, 0) is 52.9 Å². The van der Waals surface area contributed by atoms with Crippen molar-refractivity contribution in [3.05, 3.63) is 121 Å². The second-order valence-electron chi connectivity index (χ2n) is 12.2. The van der Waals surface area contributed by atoms with Gasteiger partial charge in [0.25, 0.3) is 0 Å². The molecule has 0 radical (unpaired) electrons. The summed E-state index contributed by atoms with van der Waals surface area (Å²) in [6, 6.07) is 35.8. The van der Waals surface area contributed by atoms with Crippen molar-refractivity contribution in [2.75, 3.05) is 38.0 Å². The van der Waals surface area contributed by atoms with Gasteiger partial charge in [-0.25, -0.2) is 4.98 Å². The fourth-order valence-corrected chi connectivity index (χ4v) is 5.99. The number of rotatable bonds is 8. The van der Waals surface area contributed by atoms with Crippen molar-refractivity contribution in [1.82, 2.24) is 19.3 Å². The zero-order chi connectivity index (χ0) is 31.9. The van der Waals surface area contributed by atoms with E-state index in [0.717, 1.165) is 55.8 Å². The zero-order valence-corrected chi connectivity index (χ0v) is 29.6. The SMILES string of the molecule is CC(C)c1ccnc(-n2c3[c-]c(Oc4[c-]c(-n5cc(-c6c(N(C)C)cccc6N(C)C)cn5)ccc4)ccc3c3ccccc32)c1.[Pt+2]. The Hall–Kier alpha value is -4.87. The maximum Gasteiger partial charge on any atom is 2.00 e. The molecule has 0 aliphatic rings. The van der Waals surface area contributed by atoms with E-state index in [4.69, 9.17) is 14.8 Å². The predicted octanol–water partition coefficient (Wildman–Crippen LogP) is 8.68. The molecule has 7 aromatic rings. The number of para-hydroxylation sites is 1. The Kier molecular flexibility index (Phi) is 8.94. The van der Waals surface area contributed by atoms with Crippen LogP contribution < -0.4 is 14.5 Å². The van der Waals surface area contributed by atoms with Crippen molar-refractivity contribution < 1.29 is 25.8 Å². The van der Waals surface area contributed by atoms with Gasteiger partial charge in [-0.15, -0.1) is 35.7 Å². The van der Waals surface area contributed by atoms with Gasteiger partial charge >= 0.3 is 21.1 Å². The van der Waals surface area contributed by atoms with Gasteiger partial charge in [-0.1, -0.05) is 43.6 Å². The van der Waals surface area contributed by atoms with Crippen LogP contribution >= 0.6 is 0 Å². The van der Waals surface area contributed by atoms with Crippen LogP contribution in [0.5, 0.6) is 11.5 Å². The number of aromatic nitrogens is 4. The average molecular weight is 800 g/mol. The summed E-state index contributed by atoms with van der Waals surface area (Å²) in [4.78, 5) is 9.02. The predicted molar refractivity (Wildman–Crippen MR) is 188 cm³/mol. The van der Waals surface area contributed by atoms with Gasteiger partial charge in [0.1, 0.15) is 5.82 Å². The minimum atomic E-state index is 0. The Labute approximate surface area is 290 Å².